The first-order valence-electron chi connectivity index (χ1n) is 6.29. The van der Waals surface area contributed by atoms with Gasteiger partial charge in [0.2, 0.25) is 0 Å². The number of likely N-dealkylation sites (tertiary alicyclic amines) is 1. The summed E-state index contributed by atoms with van der Waals surface area (Å²) in [7, 11) is 0. The zero-order chi connectivity index (χ0) is 11.1. The van der Waals surface area contributed by atoms with Crippen LogP contribution in [0.4, 0.5) is 0 Å². The molecule has 3 nitrogen and oxygen atoms in total. The molecule has 0 aliphatic carbocycles. The van der Waals surface area contributed by atoms with Crippen LogP contribution in [0.3, 0.4) is 0 Å². The average Bonchev–Trinajstić information content (AvgIpc) is 2.25. The van der Waals surface area contributed by atoms with Crippen molar-refractivity contribution in [3.63, 3.8) is 0 Å². The van der Waals surface area contributed by atoms with Crippen LogP contribution in [0.15, 0.2) is 0 Å². The van der Waals surface area contributed by atoms with Gasteiger partial charge in [0.05, 0.1) is 0 Å². The van der Waals surface area contributed by atoms with Crippen molar-refractivity contribution in [1.29, 1.82) is 0 Å². The van der Waals surface area contributed by atoms with Crippen LogP contribution in [0.5, 0.6) is 0 Å². The summed E-state index contributed by atoms with van der Waals surface area (Å²) in [6.45, 7) is 9.56. The molecular weight excluding hydrogens is 188 g/mol. The third-order valence-corrected chi connectivity index (χ3v) is 3.34. The van der Waals surface area contributed by atoms with Gasteiger partial charge in [-0.25, -0.2) is 0 Å². The second-order valence-electron chi connectivity index (χ2n) is 4.59. The monoisotopic (exact) mass is 214 g/mol. The minimum absolute atomic E-state index is 0.371. The SMILES string of the molecule is CCOCCCN1CCC(C(C)N)CC1. The summed E-state index contributed by atoms with van der Waals surface area (Å²) >= 11 is 0. The van der Waals surface area contributed by atoms with Crippen molar-refractivity contribution in [1.82, 2.24) is 4.90 Å². The number of hydrogen-bond acceptors (Lipinski definition) is 3. The predicted octanol–water partition coefficient (Wildman–Crippen LogP) is 1.47. The second kappa shape index (κ2) is 7.20. The molecule has 0 aromatic rings. The molecule has 2 N–H and O–H groups in total. The highest BCUT2D eigenvalue weighted by molar-refractivity contribution is 4.77. The molecule has 0 aromatic carbocycles. The minimum Gasteiger partial charge on any atom is -0.382 e. The van der Waals surface area contributed by atoms with Crippen molar-refractivity contribution >= 4 is 0 Å². The molecule has 1 unspecified atom stereocenters. The van der Waals surface area contributed by atoms with E-state index in [9.17, 15) is 0 Å². The average molecular weight is 214 g/mol. The van der Waals surface area contributed by atoms with E-state index in [1.54, 1.807) is 0 Å². The fourth-order valence-corrected chi connectivity index (χ4v) is 2.24. The van der Waals surface area contributed by atoms with Gasteiger partial charge in [-0.15, -0.1) is 0 Å². The van der Waals surface area contributed by atoms with Crippen LogP contribution in [-0.4, -0.2) is 43.8 Å². The van der Waals surface area contributed by atoms with Gasteiger partial charge in [0.25, 0.3) is 0 Å². The van der Waals surface area contributed by atoms with E-state index in [-0.39, 0.29) is 0 Å². The van der Waals surface area contributed by atoms with Crippen LogP contribution in [0, 0.1) is 5.92 Å². The van der Waals surface area contributed by atoms with Crippen molar-refractivity contribution in [3.05, 3.63) is 0 Å². The number of hydrogen-bond donors (Lipinski definition) is 1. The molecular formula is C12H26N2O. The van der Waals surface area contributed by atoms with Gasteiger partial charge in [0.1, 0.15) is 0 Å². The summed E-state index contributed by atoms with van der Waals surface area (Å²) in [5, 5.41) is 0. The van der Waals surface area contributed by atoms with E-state index in [2.05, 4.69) is 11.8 Å². The molecule has 1 atom stereocenters. The van der Waals surface area contributed by atoms with Gasteiger partial charge < -0.3 is 15.4 Å². The van der Waals surface area contributed by atoms with Crippen molar-refractivity contribution in [2.75, 3.05) is 32.8 Å². The van der Waals surface area contributed by atoms with E-state index in [1.165, 1.54) is 32.5 Å². The molecule has 0 radical (unpaired) electrons. The van der Waals surface area contributed by atoms with E-state index < -0.39 is 0 Å². The molecule has 3 heteroatoms. The van der Waals surface area contributed by atoms with Crippen molar-refractivity contribution in [2.24, 2.45) is 11.7 Å². The Labute approximate surface area is 94.0 Å². The topological polar surface area (TPSA) is 38.5 Å². The molecule has 15 heavy (non-hydrogen) atoms. The molecule has 0 amide bonds. The number of rotatable bonds is 6. The summed E-state index contributed by atoms with van der Waals surface area (Å²) in [5.74, 6) is 0.744. The second-order valence-corrected chi connectivity index (χ2v) is 4.59. The summed E-state index contributed by atoms with van der Waals surface area (Å²) in [4.78, 5) is 2.54. The first-order valence-corrected chi connectivity index (χ1v) is 6.29. The lowest BCUT2D eigenvalue weighted by Gasteiger charge is -2.33. The van der Waals surface area contributed by atoms with E-state index in [4.69, 9.17) is 10.5 Å². The Morgan fingerprint density at radius 3 is 2.60 bits per heavy atom. The number of ether oxygens (including phenoxy) is 1. The number of piperidine rings is 1. The van der Waals surface area contributed by atoms with Crippen LogP contribution in [0.25, 0.3) is 0 Å². The van der Waals surface area contributed by atoms with Crippen LogP contribution in [0.1, 0.15) is 33.1 Å². The summed E-state index contributed by atoms with van der Waals surface area (Å²) < 4.78 is 5.34. The minimum atomic E-state index is 0.371. The van der Waals surface area contributed by atoms with Gasteiger partial charge in [0, 0.05) is 25.8 Å². The predicted molar refractivity (Wildman–Crippen MR) is 63.9 cm³/mol. The lowest BCUT2D eigenvalue weighted by Crippen LogP contribution is -2.40. The Morgan fingerprint density at radius 1 is 1.40 bits per heavy atom. The molecule has 0 saturated carbocycles. The molecule has 90 valence electrons. The smallest absolute Gasteiger partial charge is 0.0478 e. The van der Waals surface area contributed by atoms with Gasteiger partial charge in [-0.05, 0) is 52.1 Å². The van der Waals surface area contributed by atoms with E-state index in [0.717, 1.165) is 25.6 Å². The van der Waals surface area contributed by atoms with Gasteiger partial charge in [-0.3, -0.25) is 0 Å². The van der Waals surface area contributed by atoms with Gasteiger partial charge in [-0.1, -0.05) is 0 Å². The van der Waals surface area contributed by atoms with Crippen molar-refractivity contribution in [3.8, 4) is 0 Å². The zero-order valence-corrected chi connectivity index (χ0v) is 10.2. The molecule has 1 rings (SSSR count). The molecule has 1 aliphatic heterocycles. The highest BCUT2D eigenvalue weighted by Gasteiger charge is 2.21. The van der Waals surface area contributed by atoms with Gasteiger partial charge in [-0.2, -0.15) is 0 Å². The van der Waals surface area contributed by atoms with E-state index in [1.807, 2.05) is 6.92 Å². The largest absolute Gasteiger partial charge is 0.382 e. The molecule has 0 bridgehead atoms. The molecule has 1 fully saturated rings. The maximum Gasteiger partial charge on any atom is 0.0478 e. The van der Waals surface area contributed by atoms with E-state index >= 15 is 0 Å². The van der Waals surface area contributed by atoms with Gasteiger partial charge >= 0.3 is 0 Å². The standard InChI is InChI=1S/C12H26N2O/c1-3-15-10-4-7-14-8-5-12(6-9-14)11(2)13/h11-12H,3-10,13H2,1-2H3. The third kappa shape index (κ3) is 4.96. The van der Waals surface area contributed by atoms with Crippen LogP contribution < -0.4 is 5.73 Å². The summed E-state index contributed by atoms with van der Waals surface area (Å²) in [5.41, 5.74) is 5.91. The zero-order valence-electron chi connectivity index (χ0n) is 10.2. The maximum absolute atomic E-state index is 5.91. The Morgan fingerprint density at radius 2 is 2.07 bits per heavy atom. The number of nitrogens with two attached hydrogens (primary N) is 1. The lowest BCUT2D eigenvalue weighted by molar-refractivity contribution is 0.118. The molecule has 1 aliphatic rings. The number of nitrogens with zero attached hydrogens (tertiary/aromatic N) is 1. The van der Waals surface area contributed by atoms with Crippen LogP contribution >= 0.6 is 0 Å². The Hall–Kier alpha value is -0.120. The molecule has 0 aromatic heterocycles. The van der Waals surface area contributed by atoms with Crippen LogP contribution in [0.2, 0.25) is 0 Å². The normalized spacial score (nSPS) is 21.8. The maximum atomic E-state index is 5.91. The van der Waals surface area contributed by atoms with Crippen molar-refractivity contribution in [2.45, 2.75) is 39.2 Å². The highest BCUT2D eigenvalue weighted by atomic mass is 16.5. The van der Waals surface area contributed by atoms with Crippen molar-refractivity contribution < 1.29 is 4.74 Å². The van der Waals surface area contributed by atoms with Gasteiger partial charge in [0.15, 0.2) is 0 Å². The van der Waals surface area contributed by atoms with E-state index in [0.29, 0.717) is 6.04 Å². The molecule has 0 spiro atoms. The molecule has 1 heterocycles. The Bertz CT molecular complexity index is 154. The van der Waals surface area contributed by atoms with Crippen LogP contribution in [-0.2, 0) is 4.74 Å². The summed E-state index contributed by atoms with van der Waals surface area (Å²) in [6.07, 6.45) is 3.70. The fraction of sp³-hybridized carbons (Fsp3) is 1.00. The first kappa shape index (κ1) is 12.9. The quantitative estimate of drug-likeness (QED) is 0.681. The Kier molecular flexibility index (Phi) is 6.22. The molecule has 1 saturated heterocycles. The Balaban J connectivity index is 2.04. The fourth-order valence-electron chi connectivity index (χ4n) is 2.24. The highest BCUT2D eigenvalue weighted by Crippen LogP contribution is 2.19. The summed E-state index contributed by atoms with van der Waals surface area (Å²) in [6, 6.07) is 0.371. The third-order valence-electron chi connectivity index (χ3n) is 3.34. The first-order chi connectivity index (χ1) is 7.24. The lowest BCUT2D eigenvalue weighted by atomic mass is 9.91.